The molecule has 1 aromatic carbocycles. The van der Waals surface area contributed by atoms with Crippen LogP contribution in [0, 0.1) is 17.2 Å². The van der Waals surface area contributed by atoms with Crippen LogP contribution in [-0.4, -0.2) is 26.7 Å². The lowest BCUT2D eigenvalue weighted by Crippen LogP contribution is -2.16. The Hall–Kier alpha value is -3.33. The van der Waals surface area contributed by atoms with E-state index in [2.05, 4.69) is 15.6 Å². The minimum absolute atomic E-state index is 0.119. The Kier molecular flexibility index (Phi) is 4.98. The van der Waals surface area contributed by atoms with E-state index in [1.54, 1.807) is 18.3 Å². The van der Waals surface area contributed by atoms with E-state index in [9.17, 15) is 15.2 Å². The number of hydrogen-bond donors (Lipinski definition) is 1. The molecule has 1 atom stereocenters. The maximum atomic E-state index is 12.2. The fraction of sp³-hybridized carbons (Fsp3) is 0.348. The Morgan fingerprint density at radius 1 is 1.38 bits per heavy atom. The molecule has 0 saturated carbocycles. The van der Waals surface area contributed by atoms with Crippen molar-refractivity contribution in [1.29, 1.82) is 5.26 Å². The Labute approximate surface area is 169 Å². The van der Waals surface area contributed by atoms with Gasteiger partial charge in [0, 0.05) is 29.2 Å². The Morgan fingerprint density at radius 3 is 2.93 bits per heavy atom. The molecule has 6 heteroatoms. The monoisotopic (exact) mass is 389 g/mol. The molecule has 0 saturated heterocycles. The van der Waals surface area contributed by atoms with Gasteiger partial charge in [-0.3, -0.25) is 9.78 Å². The van der Waals surface area contributed by atoms with E-state index in [4.69, 9.17) is 4.74 Å². The van der Waals surface area contributed by atoms with E-state index in [1.165, 1.54) is 5.56 Å². The van der Waals surface area contributed by atoms with Crippen LogP contribution in [0.25, 0.3) is 10.9 Å². The normalized spacial score (nSPS) is 15.4. The molecular weight excluding hydrogens is 366 g/mol. The minimum Gasteiger partial charge on any atom is -0.506 e. The van der Waals surface area contributed by atoms with Gasteiger partial charge in [-0.1, -0.05) is 0 Å². The maximum Gasteiger partial charge on any atom is 0.306 e. The molecule has 0 fully saturated rings. The number of hydrogen-bond acceptors (Lipinski definition) is 5. The molecule has 2 heterocycles. The van der Waals surface area contributed by atoms with Gasteiger partial charge in [-0.05, 0) is 68.5 Å². The van der Waals surface area contributed by atoms with Gasteiger partial charge in [0.25, 0.3) is 0 Å². The molecule has 1 aliphatic carbocycles. The SMILES string of the molecule is CC(C)OC(=O)C[C@H]1Cc2c(n(Cc3ncccc3O)c3ccc(C#N)cc23)C1. The second-order valence-corrected chi connectivity index (χ2v) is 7.84. The summed E-state index contributed by atoms with van der Waals surface area (Å²) in [6, 6.07) is 11.2. The van der Waals surface area contributed by atoms with Crippen LogP contribution in [0.15, 0.2) is 36.5 Å². The molecule has 0 spiro atoms. The highest BCUT2D eigenvalue weighted by Gasteiger charge is 2.30. The first kappa shape index (κ1) is 19.0. The summed E-state index contributed by atoms with van der Waals surface area (Å²) < 4.78 is 7.48. The molecule has 3 aromatic rings. The summed E-state index contributed by atoms with van der Waals surface area (Å²) in [5.41, 5.74) is 4.54. The van der Waals surface area contributed by atoms with Gasteiger partial charge < -0.3 is 14.4 Å². The van der Waals surface area contributed by atoms with Crippen molar-refractivity contribution in [2.75, 3.05) is 0 Å². The molecular formula is C23H23N3O3. The topological polar surface area (TPSA) is 88.1 Å². The van der Waals surface area contributed by atoms with E-state index in [0.717, 1.165) is 29.4 Å². The minimum atomic E-state index is -0.175. The van der Waals surface area contributed by atoms with Crippen LogP contribution in [0.3, 0.4) is 0 Å². The fourth-order valence-electron chi connectivity index (χ4n) is 4.21. The Balaban J connectivity index is 1.72. The van der Waals surface area contributed by atoms with E-state index in [1.807, 2.05) is 32.0 Å². The van der Waals surface area contributed by atoms with Gasteiger partial charge in [-0.2, -0.15) is 5.26 Å². The highest BCUT2D eigenvalue weighted by atomic mass is 16.5. The number of pyridine rings is 1. The Morgan fingerprint density at radius 2 is 2.21 bits per heavy atom. The predicted octanol–water partition coefficient (Wildman–Crippen LogP) is 3.72. The maximum absolute atomic E-state index is 12.2. The van der Waals surface area contributed by atoms with Crippen molar-refractivity contribution in [3.8, 4) is 11.8 Å². The van der Waals surface area contributed by atoms with E-state index in [-0.39, 0.29) is 23.7 Å². The van der Waals surface area contributed by atoms with Gasteiger partial charge in [-0.15, -0.1) is 0 Å². The number of rotatable bonds is 5. The van der Waals surface area contributed by atoms with Crippen LogP contribution < -0.4 is 0 Å². The molecule has 0 unspecified atom stereocenters. The molecule has 0 radical (unpaired) electrons. The smallest absolute Gasteiger partial charge is 0.306 e. The van der Waals surface area contributed by atoms with Crippen LogP contribution >= 0.6 is 0 Å². The number of nitrogens with zero attached hydrogens (tertiary/aromatic N) is 3. The highest BCUT2D eigenvalue weighted by molar-refractivity contribution is 5.88. The zero-order valence-corrected chi connectivity index (χ0v) is 16.6. The molecule has 29 heavy (non-hydrogen) atoms. The van der Waals surface area contributed by atoms with E-state index in [0.29, 0.717) is 24.2 Å². The van der Waals surface area contributed by atoms with Crippen molar-refractivity contribution in [1.82, 2.24) is 9.55 Å². The van der Waals surface area contributed by atoms with Crippen LogP contribution in [0.2, 0.25) is 0 Å². The molecule has 0 bridgehead atoms. The van der Waals surface area contributed by atoms with Crippen molar-refractivity contribution in [3.05, 3.63) is 59.0 Å². The second-order valence-electron chi connectivity index (χ2n) is 7.84. The number of aromatic hydroxyl groups is 1. The summed E-state index contributed by atoms with van der Waals surface area (Å²) in [6.07, 6.45) is 3.45. The van der Waals surface area contributed by atoms with Gasteiger partial charge in [0.05, 0.1) is 24.3 Å². The first-order valence-corrected chi connectivity index (χ1v) is 9.82. The predicted molar refractivity (Wildman–Crippen MR) is 108 cm³/mol. The van der Waals surface area contributed by atoms with Gasteiger partial charge in [0.2, 0.25) is 0 Å². The van der Waals surface area contributed by atoms with Crippen molar-refractivity contribution in [3.63, 3.8) is 0 Å². The first-order chi connectivity index (χ1) is 14.0. The molecule has 0 amide bonds. The molecule has 1 aliphatic rings. The lowest BCUT2D eigenvalue weighted by molar-refractivity contribution is -0.148. The molecule has 0 aliphatic heterocycles. The van der Waals surface area contributed by atoms with Gasteiger partial charge in [0.1, 0.15) is 11.4 Å². The summed E-state index contributed by atoms with van der Waals surface area (Å²) in [7, 11) is 0. The highest BCUT2D eigenvalue weighted by Crippen LogP contribution is 2.38. The number of aromatic nitrogens is 2. The third kappa shape index (κ3) is 3.68. The standard InChI is InChI=1S/C23H23N3O3/c1-14(2)29-23(28)11-16-9-18-17-8-15(12-24)5-6-20(17)26(21(18)10-16)13-19-22(27)4-3-7-25-19/h3-8,14,16,27H,9-11,13H2,1-2H3/t16-/m0/s1. The largest absolute Gasteiger partial charge is 0.506 e. The summed E-state index contributed by atoms with van der Waals surface area (Å²) in [5.74, 6) is 0.155. The van der Waals surface area contributed by atoms with Crippen molar-refractivity contribution < 1.29 is 14.6 Å². The number of benzene rings is 1. The second kappa shape index (κ2) is 7.59. The third-order valence-corrected chi connectivity index (χ3v) is 5.39. The van der Waals surface area contributed by atoms with Crippen molar-refractivity contribution in [2.24, 2.45) is 5.92 Å². The van der Waals surface area contributed by atoms with E-state index >= 15 is 0 Å². The summed E-state index contributed by atoms with van der Waals surface area (Å²) >= 11 is 0. The zero-order valence-electron chi connectivity index (χ0n) is 16.6. The van der Waals surface area contributed by atoms with Crippen LogP contribution in [-0.2, 0) is 28.9 Å². The van der Waals surface area contributed by atoms with Crippen LogP contribution in [0.1, 0.15) is 42.8 Å². The number of fused-ring (bicyclic) bond motifs is 3. The van der Waals surface area contributed by atoms with Crippen LogP contribution in [0.4, 0.5) is 0 Å². The van der Waals surface area contributed by atoms with Gasteiger partial charge >= 0.3 is 5.97 Å². The van der Waals surface area contributed by atoms with Gasteiger partial charge in [0.15, 0.2) is 0 Å². The lowest BCUT2D eigenvalue weighted by atomic mass is 10.0. The number of carbonyl (C=O) groups is 1. The third-order valence-electron chi connectivity index (χ3n) is 5.39. The van der Waals surface area contributed by atoms with Crippen LogP contribution in [0.5, 0.6) is 5.75 Å². The quantitative estimate of drug-likeness (QED) is 0.672. The molecule has 4 rings (SSSR count). The van der Waals surface area contributed by atoms with Crippen molar-refractivity contribution in [2.45, 2.75) is 45.8 Å². The summed E-state index contributed by atoms with van der Waals surface area (Å²) in [6.45, 7) is 4.14. The number of esters is 1. The van der Waals surface area contributed by atoms with Crippen molar-refractivity contribution >= 4 is 16.9 Å². The number of carbonyl (C=O) groups excluding carboxylic acids is 1. The number of nitriles is 1. The summed E-state index contributed by atoms with van der Waals surface area (Å²) in [4.78, 5) is 16.5. The zero-order chi connectivity index (χ0) is 20.5. The van der Waals surface area contributed by atoms with Gasteiger partial charge in [-0.25, -0.2) is 0 Å². The summed E-state index contributed by atoms with van der Waals surface area (Å²) in [5, 5.41) is 20.5. The molecule has 6 nitrogen and oxygen atoms in total. The average molecular weight is 389 g/mol. The first-order valence-electron chi connectivity index (χ1n) is 9.82. The average Bonchev–Trinajstić information content (AvgIpc) is 3.20. The lowest BCUT2D eigenvalue weighted by Gasteiger charge is -2.14. The Bertz CT molecular complexity index is 1120. The molecule has 2 aromatic heterocycles. The molecule has 1 N–H and O–H groups in total. The number of ether oxygens (including phenoxy) is 1. The van der Waals surface area contributed by atoms with E-state index < -0.39 is 0 Å². The molecule has 148 valence electrons. The fourth-order valence-corrected chi connectivity index (χ4v) is 4.21.